The number of aldehydes is 1. The van der Waals surface area contributed by atoms with Crippen LogP contribution in [0.2, 0.25) is 19.6 Å². The van der Waals surface area contributed by atoms with E-state index in [1.54, 1.807) is 0 Å². The van der Waals surface area contributed by atoms with E-state index < -0.39 is 8.32 Å². The van der Waals surface area contributed by atoms with Crippen LogP contribution in [-0.2, 0) is 9.22 Å². The summed E-state index contributed by atoms with van der Waals surface area (Å²) < 4.78 is 5.87. The largest absolute Gasteiger partial charge is 0.547 e. The molecule has 1 rings (SSSR count). The Bertz CT molecular complexity index is 226. The third kappa shape index (κ3) is 3.34. The van der Waals surface area contributed by atoms with Gasteiger partial charge in [0, 0.05) is 12.0 Å². The number of allylic oxidation sites excluding steroid dienone is 2. The molecule has 0 spiro atoms. The fourth-order valence-electron chi connectivity index (χ4n) is 1.51. The Balaban J connectivity index is 2.73. The van der Waals surface area contributed by atoms with E-state index in [9.17, 15) is 4.79 Å². The predicted molar refractivity (Wildman–Crippen MR) is 56.0 cm³/mol. The molecule has 1 aliphatic carbocycles. The molecule has 2 nitrogen and oxygen atoms in total. The van der Waals surface area contributed by atoms with E-state index >= 15 is 0 Å². The van der Waals surface area contributed by atoms with Gasteiger partial charge < -0.3 is 4.43 Å². The van der Waals surface area contributed by atoms with Crippen molar-refractivity contribution in [3.63, 3.8) is 0 Å². The van der Waals surface area contributed by atoms with Crippen LogP contribution in [-0.4, -0.2) is 14.6 Å². The molecule has 3 heteroatoms. The minimum atomic E-state index is -1.52. The molecule has 0 aromatic heterocycles. The molecule has 0 aliphatic heterocycles. The Morgan fingerprint density at radius 2 is 1.85 bits per heavy atom. The van der Waals surface area contributed by atoms with Crippen LogP contribution >= 0.6 is 0 Å². The molecule has 0 aromatic carbocycles. The van der Waals surface area contributed by atoms with E-state index in [1.165, 1.54) is 0 Å². The highest BCUT2D eigenvalue weighted by Gasteiger charge is 2.21. The van der Waals surface area contributed by atoms with E-state index in [1.807, 2.05) is 0 Å². The van der Waals surface area contributed by atoms with Gasteiger partial charge in [-0.1, -0.05) is 0 Å². The lowest BCUT2D eigenvalue weighted by Crippen LogP contribution is -2.26. The van der Waals surface area contributed by atoms with Crippen molar-refractivity contribution in [2.75, 3.05) is 0 Å². The van der Waals surface area contributed by atoms with Gasteiger partial charge in [-0.25, -0.2) is 0 Å². The molecule has 0 saturated heterocycles. The van der Waals surface area contributed by atoms with Crippen LogP contribution in [0, 0.1) is 0 Å². The van der Waals surface area contributed by atoms with Gasteiger partial charge in [-0.15, -0.1) is 0 Å². The summed E-state index contributed by atoms with van der Waals surface area (Å²) in [5.74, 6) is 0.973. The molecule has 0 unspecified atom stereocenters. The molecular weight excluding hydrogens is 180 g/mol. The van der Waals surface area contributed by atoms with Crippen molar-refractivity contribution in [3.8, 4) is 0 Å². The molecule has 0 amide bonds. The second-order valence-corrected chi connectivity index (χ2v) is 8.92. The van der Waals surface area contributed by atoms with Crippen molar-refractivity contribution in [1.82, 2.24) is 0 Å². The lowest BCUT2D eigenvalue weighted by atomic mass is 9.99. The highest BCUT2D eigenvalue weighted by molar-refractivity contribution is 6.70. The van der Waals surface area contributed by atoms with E-state index in [2.05, 4.69) is 19.6 Å². The first-order valence-electron chi connectivity index (χ1n) is 4.89. The standard InChI is InChI=1S/C10H18O2Si/c1-13(2,3)12-10-7-5-4-6-9(10)8-11/h8H,4-7H2,1-3H3. The zero-order valence-corrected chi connectivity index (χ0v) is 9.72. The average molecular weight is 198 g/mol. The van der Waals surface area contributed by atoms with Crippen LogP contribution < -0.4 is 0 Å². The van der Waals surface area contributed by atoms with E-state index in [0.29, 0.717) is 0 Å². The summed E-state index contributed by atoms with van der Waals surface area (Å²) in [6.07, 6.45) is 5.13. The average Bonchev–Trinajstić information content (AvgIpc) is 2.02. The number of carbonyl (C=O) groups is 1. The molecule has 0 N–H and O–H groups in total. The molecule has 0 atom stereocenters. The van der Waals surface area contributed by atoms with Crippen LogP contribution in [0.3, 0.4) is 0 Å². The Kier molecular flexibility index (Phi) is 3.31. The van der Waals surface area contributed by atoms with Crippen molar-refractivity contribution >= 4 is 14.6 Å². The van der Waals surface area contributed by atoms with Gasteiger partial charge in [0.1, 0.15) is 6.29 Å². The van der Waals surface area contributed by atoms with Gasteiger partial charge in [-0.3, -0.25) is 4.79 Å². The van der Waals surface area contributed by atoms with E-state index in [-0.39, 0.29) is 0 Å². The lowest BCUT2D eigenvalue weighted by molar-refractivity contribution is -0.105. The number of hydrogen-bond acceptors (Lipinski definition) is 2. The number of hydrogen-bond donors (Lipinski definition) is 0. The quantitative estimate of drug-likeness (QED) is 0.515. The fourth-order valence-corrected chi connectivity index (χ4v) is 2.48. The molecule has 0 radical (unpaired) electrons. The molecule has 13 heavy (non-hydrogen) atoms. The first-order valence-corrected chi connectivity index (χ1v) is 8.30. The summed E-state index contributed by atoms with van der Waals surface area (Å²) >= 11 is 0. The summed E-state index contributed by atoms with van der Waals surface area (Å²) in [4.78, 5) is 10.7. The van der Waals surface area contributed by atoms with Crippen LogP contribution in [0.25, 0.3) is 0 Å². The predicted octanol–water partition coefficient (Wildman–Crippen LogP) is 2.86. The molecule has 0 bridgehead atoms. The minimum Gasteiger partial charge on any atom is -0.547 e. The van der Waals surface area contributed by atoms with Crippen molar-refractivity contribution in [3.05, 3.63) is 11.3 Å². The van der Waals surface area contributed by atoms with Gasteiger partial charge in [0.05, 0.1) is 5.76 Å². The molecule has 0 fully saturated rings. The molecule has 0 saturated carbocycles. The normalized spacial score (nSPS) is 18.7. The summed E-state index contributed by atoms with van der Waals surface area (Å²) in [6.45, 7) is 6.45. The Morgan fingerprint density at radius 1 is 1.23 bits per heavy atom. The molecule has 1 aliphatic rings. The maximum absolute atomic E-state index is 10.7. The zero-order valence-electron chi connectivity index (χ0n) is 8.72. The van der Waals surface area contributed by atoms with Crippen molar-refractivity contribution < 1.29 is 9.22 Å². The van der Waals surface area contributed by atoms with E-state index in [4.69, 9.17) is 4.43 Å². The molecule has 74 valence electrons. The summed E-state index contributed by atoms with van der Waals surface area (Å²) in [7, 11) is -1.52. The summed E-state index contributed by atoms with van der Waals surface area (Å²) in [5, 5.41) is 0. The van der Waals surface area contributed by atoms with Crippen molar-refractivity contribution in [1.29, 1.82) is 0 Å². The highest BCUT2D eigenvalue weighted by atomic mass is 28.4. The maximum Gasteiger partial charge on any atom is 0.241 e. The monoisotopic (exact) mass is 198 g/mol. The first-order chi connectivity index (χ1) is 6.03. The van der Waals surface area contributed by atoms with Gasteiger partial charge in [-0.2, -0.15) is 0 Å². The lowest BCUT2D eigenvalue weighted by Gasteiger charge is -2.25. The fraction of sp³-hybridized carbons (Fsp3) is 0.700. The van der Waals surface area contributed by atoms with Crippen LogP contribution in [0.15, 0.2) is 11.3 Å². The third-order valence-corrected chi connectivity index (χ3v) is 2.89. The third-order valence-electron chi connectivity index (χ3n) is 2.03. The van der Waals surface area contributed by atoms with Gasteiger partial charge in [-0.05, 0) is 38.9 Å². The van der Waals surface area contributed by atoms with Crippen molar-refractivity contribution in [2.45, 2.75) is 45.3 Å². The minimum absolute atomic E-state index is 0.897. The molecule has 0 heterocycles. The topological polar surface area (TPSA) is 26.3 Å². The van der Waals surface area contributed by atoms with Crippen LogP contribution in [0.5, 0.6) is 0 Å². The summed E-state index contributed by atoms with van der Waals surface area (Å²) in [5.41, 5.74) is 0.897. The van der Waals surface area contributed by atoms with Crippen LogP contribution in [0.1, 0.15) is 25.7 Å². The smallest absolute Gasteiger partial charge is 0.241 e. The molecular formula is C10H18O2Si. The molecule has 0 aromatic rings. The van der Waals surface area contributed by atoms with Gasteiger partial charge >= 0.3 is 0 Å². The number of rotatable bonds is 3. The highest BCUT2D eigenvalue weighted by Crippen LogP contribution is 2.26. The Hall–Kier alpha value is -0.573. The first kappa shape index (κ1) is 10.5. The maximum atomic E-state index is 10.7. The second-order valence-electron chi connectivity index (χ2n) is 4.49. The van der Waals surface area contributed by atoms with Gasteiger partial charge in [0.15, 0.2) is 0 Å². The summed E-state index contributed by atoms with van der Waals surface area (Å²) in [6, 6.07) is 0. The van der Waals surface area contributed by atoms with Gasteiger partial charge in [0.2, 0.25) is 8.32 Å². The van der Waals surface area contributed by atoms with Gasteiger partial charge in [0.25, 0.3) is 0 Å². The van der Waals surface area contributed by atoms with Crippen LogP contribution in [0.4, 0.5) is 0 Å². The second kappa shape index (κ2) is 4.09. The zero-order chi connectivity index (χ0) is 9.90. The SMILES string of the molecule is C[Si](C)(C)OC1=C(C=O)CCCC1. The van der Waals surface area contributed by atoms with Crippen molar-refractivity contribution in [2.24, 2.45) is 0 Å². The Morgan fingerprint density at radius 3 is 2.38 bits per heavy atom. The van der Waals surface area contributed by atoms with E-state index in [0.717, 1.165) is 43.3 Å². The number of carbonyl (C=O) groups excluding carboxylic acids is 1. The Labute approximate surface area is 81.1 Å².